The van der Waals surface area contributed by atoms with E-state index in [4.69, 9.17) is 0 Å². The molecule has 8 heteroatoms. The van der Waals surface area contributed by atoms with E-state index < -0.39 is 0 Å². The number of fused-ring (bicyclic) bond motifs is 1. The van der Waals surface area contributed by atoms with E-state index in [2.05, 4.69) is 29.0 Å². The lowest BCUT2D eigenvalue weighted by Gasteiger charge is -2.37. The number of halogens is 1. The molecule has 0 aliphatic carbocycles. The number of thiophene rings is 1. The summed E-state index contributed by atoms with van der Waals surface area (Å²) >= 11 is 1.78. The van der Waals surface area contributed by atoms with Crippen molar-refractivity contribution in [3.05, 3.63) is 21.9 Å². The number of carbonyl (C=O) groups excluding carboxylic acids is 2. The Balaban J connectivity index is 0.00000261. The van der Waals surface area contributed by atoms with E-state index in [1.807, 2.05) is 9.80 Å². The maximum Gasteiger partial charge on any atom is 0.320 e. The van der Waals surface area contributed by atoms with Gasteiger partial charge in [0.2, 0.25) is 5.91 Å². The quantitative estimate of drug-likeness (QED) is 0.703. The molecule has 3 heterocycles. The highest BCUT2D eigenvalue weighted by atomic mass is 35.5. The molecule has 1 saturated heterocycles. The molecule has 152 valence electrons. The molecule has 1 unspecified atom stereocenters. The number of urea groups is 1. The van der Waals surface area contributed by atoms with Crippen LogP contribution in [0.5, 0.6) is 0 Å². The zero-order chi connectivity index (χ0) is 18.4. The standard InChI is InChI=1S/C19H30N4O2S.ClH/c1-2-7-20-8-9-21-18(24)16-4-3-10-22(14-16)19(25)23-11-5-17-15(13-23)6-12-26-17;/h6,12,16,20H,2-5,7-11,13-14H2,1H3,(H,21,24);1H. The van der Waals surface area contributed by atoms with Crippen LogP contribution in [0.1, 0.15) is 36.6 Å². The van der Waals surface area contributed by atoms with Gasteiger partial charge in [-0.3, -0.25) is 4.79 Å². The van der Waals surface area contributed by atoms with Gasteiger partial charge >= 0.3 is 6.03 Å². The SMILES string of the molecule is CCCNCCNC(=O)C1CCCN(C(=O)N2CCc3sccc3C2)C1.Cl. The molecular formula is C19H31ClN4O2S. The lowest BCUT2D eigenvalue weighted by molar-refractivity contribution is -0.126. The molecule has 27 heavy (non-hydrogen) atoms. The van der Waals surface area contributed by atoms with Crippen molar-refractivity contribution in [3.8, 4) is 0 Å². The van der Waals surface area contributed by atoms with Crippen LogP contribution in [0.15, 0.2) is 11.4 Å². The summed E-state index contributed by atoms with van der Waals surface area (Å²) in [4.78, 5) is 30.5. The molecule has 1 aromatic heterocycles. The third-order valence-corrected chi connectivity index (χ3v) is 6.19. The molecule has 2 aliphatic rings. The van der Waals surface area contributed by atoms with Crippen LogP contribution in [0.4, 0.5) is 4.79 Å². The first-order valence-electron chi connectivity index (χ1n) is 9.76. The van der Waals surface area contributed by atoms with Crippen LogP contribution < -0.4 is 10.6 Å². The number of nitrogens with zero attached hydrogens (tertiary/aromatic N) is 2. The molecular weight excluding hydrogens is 384 g/mol. The highest BCUT2D eigenvalue weighted by Crippen LogP contribution is 2.26. The summed E-state index contributed by atoms with van der Waals surface area (Å²) in [6.07, 6.45) is 3.81. The molecule has 2 aliphatic heterocycles. The van der Waals surface area contributed by atoms with Gasteiger partial charge in [-0.2, -0.15) is 0 Å². The molecule has 0 radical (unpaired) electrons. The Kier molecular flexibility index (Phi) is 8.86. The topological polar surface area (TPSA) is 64.7 Å². The van der Waals surface area contributed by atoms with Crippen LogP contribution >= 0.6 is 23.7 Å². The number of amides is 3. The third kappa shape index (κ3) is 5.83. The predicted molar refractivity (Wildman–Crippen MR) is 112 cm³/mol. The molecule has 3 amide bonds. The van der Waals surface area contributed by atoms with Gasteiger partial charge in [0.25, 0.3) is 0 Å². The van der Waals surface area contributed by atoms with Gasteiger partial charge in [-0.05, 0) is 49.2 Å². The van der Waals surface area contributed by atoms with Crippen molar-refractivity contribution in [3.63, 3.8) is 0 Å². The highest BCUT2D eigenvalue weighted by molar-refractivity contribution is 7.10. The Morgan fingerprint density at radius 1 is 1.22 bits per heavy atom. The fourth-order valence-electron chi connectivity index (χ4n) is 3.70. The summed E-state index contributed by atoms with van der Waals surface area (Å²) in [6, 6.07) is 2.21. The number of nitrogens with one attached hydrogen (secondary N) is 2. The van der Waals surface area contributed by atoms with Gasteiger partial charge in [-0.1, -0.05) is 6.92 Å². The number of carbonyl (C=O) groups is 2. The Labute approximate surface area is 172 Å². The first-order valence-corrected chi connectivity index (χ1v) is 10.6. The van der Waals surface area contributed by atoms with Crippen LogP contribution in [-0.2, 0) is 17.8 Å². The smallest absolute Gasteiger partial charge is 0.320 e. The molecule has 0 spiro atoms. The van der Waals surface area contributed by atoms with Crippen molar-refractivity contribution in [2.24, 2.45) is 5.92 Å². The first-order chi connectivity index (χ1) is 12.7. The van der Waals surface area contributed by atoms with Crippen molar-refractivity contribution >= 4 is 35.7 Å². The second kappa shape index (κ2) is 10.9. The fourth-order valence-corrected chi connectivity index (χ4v) is 4.59. The number of rotatable bonds is 6. The van der Waals surface area contributed by atoms with Crippen molar-refractivity contribution in [1.29, 1.82) is 0 Å². The van der Waals surface area contributed by atoms with E-state index in [0.29, 0.717) is 19.6 Å². The molecule has 2 N–H and O–H groups in total. The summed E-state index contributed by atoms with van der Waals surface area (Å²) in [6.45, 7) is 7.33. The van der Waals surface area contributed by atoms with Crippen LogP contribution in [0.3, 0.4) is 0 Å². The summed E-state index contributed by atoms with van der Waals surface area (Å²) < 4.78 is 0. The minimum Gasteiger partial charge on any atom is -0.355 e. The number of piperidine rings is 1. The third-order valence-electron chi connectivity index (χ3n) is 5.17. The first kappa shape index (κ1) is 22.0. The van der Waals surface area contributed by atoms with Gasteiger partial charge in [0.05, 0.1) is 5.92 Å². The van der Waals surface area contributed by atoms with Crippen LogP contribution in [-0.4, -0.2) is 61.0 Å². The lowest BCUT2D eigenvalue weighted by atomic mass is 9.97. The molecule has 3 rings (SSSR count). The average molecular weight is 415 g/mol. The fraction of sp³-hybridized carbons (Fsp3) is 0.684. The van der Waals surface area contributed by atoms with Crippen molar-refractivity contribution in [1.82, 2.24) is 20.4 Å². The van der Waals surface area contributed by atoms with Gasteiger partial charge in [0.1, 0.15) is 0 Å². The Morgan fingerprint density at radius 2 is 2.07 bits per heavy atom. The molecule has 1 atom stereocenters. The second-order valence-corrected chi connectivity index (χ2v) is 8.15. The second-order valence-electron chi connectivity index (χ2n) is 7.15. The average Bonchev–Trinajstić information content (AvgIpc) is 3.15. The minimum atomic E-state index is -0.0830. The maximum atomic E-state index is 12.9. The van der Waals surface area contributed by atoms with E-state index in [9.17, 15) is 9.59 Å². The van der Waals surface area contributed by atoms with Gasteiger partial charge in [-0.25, -0.2) is 4.79 Å². The van der Waals surface area contributed by atoms with Crippen LogP contribution in [0, 0.1) is 5.92 Å². The van der Waals surface area contributed by atoms with E-state index in [0.717, 1.165) is 51.9 Å². The van der Waals surface area contributed by atoms with Gasteiger partial charge in [0.15, 0.2) is 0 Å². The van der Waals surface area contributed by atoms with Crippen LogP contribution in [0.25, 0.3) is 0 Å². The molecule has 1 fully saturated rings. The number of hydrogen-bond acceptors (Lipinski definition) is 4. The molecule has 0 bridgehead atoms. The number of hydrogen-bond donors (Lipinski definition) is 2. The van der Waals surface area contributed by atoms with E-state index >= 15 is 0 Å². The normalized spacial score (nSPS) is 19.2. The zero-order valence-corrected chi connectivity index (χ0v) is 17.7. The lowest BCUT2D eigenvalue weighted by Crippen LogP contribution is -2.51. The molecule has 0 saturated carbocycles. The predicted octanol–water partition coefficient (Wildman–Crippen LogP) is 2.48. The summed E-state index contributed by atoms with van der Waals surface area (Å²) in [5.74, 6) is -0.0000577. The van der Waals surface area contributed by atoms with Crippen molar-refractivity contribution < 1.29 is 9.59 Å². The van der Waals surface area contributed by atoms with E-state index in [1.165, 1.54) is 10.4 Å². The summed E-state index contributed by atoms with van der Waals surface area (Å²) in [5, 5.41) is 8.40. The summed E-state index contributed by atoms with van der Waals surface area (Å²) in [7, 11) is 0. The van der Waals surface area contributed by atoms with Crippen LogP contribution in [0.2, 0.25) is 0 Å². The van der Waals surface area contributed by atoms with Gasteiger partial charge in [-0.15, -0.1) is 23.7 Å². The minimum absolute atomic E-state index is 0. The van der Waals surface area contributed by atoms with Crippen molar-refractivity contribution in [2.45, 2.75) is 39.2 Å². The molecule has 1 aromatic rings. The highest BCUT2D eigenvalue weighted by Gasteiger charge is 2.31. The van der Waals surface area contributed by atoms with Gasteiger partial charge in [0, 0.05) is 44.1 Å². The van der Waals surface area contributed by atoms with E-state index in [1.54, 1.807) is 11.3 Å². The molecule has 6 nitrogen and oxygen atoms in total. The molecule has 0 aromatic carbocycles. The largest absolute Gasteiger partial charge is 0.355 e. The number of likely N-dealkylation sites (tertiary alicyclic amines) is 1. The Bertz CT molecular complexity index is 625. The Morgan fingerprint density at radius 3 is 2.89 bits per heavy atom. The summed E-state index contributed by atoms with van der Waals surface area (Å²) in [5.41, 5.74) is 1.28. The zero-order valence-electron chi connectivity index (χ0n) is 16.0. The van der Waals surface area contributed by atoms with Crippen molar-refractivity contribution in [2.75, 3.05) is 39.3 Å². The maximum absolute atomic E-state index is 12.9. The Hall–Kier alpha value is -1.31. The van der Waals surface area contributed by atoms with E-state index in [-0.39, 0.29) is 30.3 Å². The van der Waals surface area contributed by atoms with Gasteiger partial charge < -0.3 is 20.4 Å². The monoisotopic (exact) mass is 414 g/mol.